The predicted octanol–water partition coefficient (Wildman–Crippen LogP) is 2.50. The molecule has 0 spiro atoms. The number of aromatic nitrogens is 2. The number of fused-ring (bicyclic) bond motifs is 1. The number of carbonyl (C=O) groups excluding carboxylic acids is 2. The second-order valence-corrected chi connectivity index (χ2v) is 6.38. The van der Waals surface area contributed by atoms with Gasteiger partial charge in [-0.25, -0.2) is 4.79 Å². The molecule has 2 aromatic carbocycles. The number of aryl methyl sites for hydroxylation is 1. The van der Waals surface area contributed by atoms with Gasteiger partial charge in [-0.15, -0.1) is 0 Å². The number of hydrogen-bond donors (Lipinski definition) is 3. The molecule has 1 amide bonds. The Kier molecular flexibility index (Phi) is 5.78. The molecule has 8 heteroatoms. The first-order valence-corrected chi connectivity index (χ1v) is 8.82. The van der Waals surface area contributed by atoms with E-state index in [1.807, 2.05) is 31.2 Å². The number of amides is 1. The van der Waals surface area contributed by atoms with Crippen molar-refractivity contribution in [1.29, 1.82) is 0 Å². The Labute approximate surface area is 160 Å². The molecule has 0 aliphatic heterocycles. The van der Waals surface area contributed by atoms with Crippen LogP contribution in [0.4, 0.5) is 5.69 Å². The van der Waals surface area contributed by atoms with Gasteiger partial charge >= 0.3 is 11.7 Å². The Hall–Kier alpha value is -3.55. The third kappa shape index (κ3) is 5.00. The fraction of sp³-hybridized carbons (Fsp3) is 0.250. The van der Waals surface area contributed by atoms with E-state index >= 15 is 0 Å². The molecule has 0 aliphatic carbocycles. The minimum absolute atomic E-state index is 0.0299. The normalized spacial score (nSPS) is 11.8. The molecule has 3 aromatic rings. The lowest BCUT2D eigenvalue weighted by atomic mass is 10.2. The van der Waals surface area contributed by atoms with Crippen molar-refractivity contribution in [2.45, 2.75) is 26.4 Å². The third-order valence-electron chi connectivity index (χ3n) is 4.03. The summed E-state index contributed by atoms with van der Waals surface area (Å²) in [6.45, 7) is 3.60. The second kappa shape index (κ2) is 8.43. The zero-order chi connectivity index (χ0) is 20.1. The zero-order valence-electron chi connectivity index (χ0n) is 15.6. The van der Waals surface area contributed by atoms with E-state index in [2.05, 4.69) is 15.3 Å². The molecular formula is C20H21N3O5. The lowest BCUT2D eigenvalue weighted by Gasteiger charge is -2.14. The van der Waals surface area contributed by atoms with Crippen LogP contribution >= 0.6 is 0 Å². The van der Waals surface area contributed by atoms with Crippen LogP contribution in [0.5, 0.6) is 5.75 Å². The Morgan fingerprint density at radius 1 is 1.11 bits per heavy atom. The summed E-state index contributed by atoms with van der Waals surface area (Å²) in [5.41, 5.74) is 2.43. The fourth-order valence-corrected chi connectivity index (χ4v) is 2.62. The summed E-state index contributed by atoms with van der Waals surface area (Å²) < 4.78 is 10.6. The lowest BCUT2D eigenvalue weighted by Crippen LogP contribution is -2.30. The van der Waals surface area contributed by atoms with Gasteiger partial charge in [0.25, 0.3) is 5.91 Å². The SMILES string of the molecule is Cc1cccc(OCCC(=O)O[C@@H](C)C(=O)Nc2ccc3[nH]c(=O)[nH]c3c2)c1. The number of H-pyrrole nitrogens is 2. The van der Waals surface area contributed by atoms with Crippen molar-refractivity contribution < 1.29 is 19.1 Å². The van der Waals surface area contributed by atoms with Gasteiger partial charge in [0, 0.05) is 5.69 Å². The number of carbonyl (C=O) groups is 2. The smallest absolute Gasteiger partial charge is 0.323 e. The van der Waals surface area contributed by atoms with E-state index in [1.54, 1.807) is 18.2 Å². The quantitative estimate of drug-likeness (QED) is 0.543. The highest BCUT2D eigenvalue weighted by Crippen LogP contribution is 2.15. The zero-order valence-corrected chi connectivity index (χ0v) is 15.6. The molecule has 8 nitrogen and oxygen atoms in total. The first kappa shape index (κ1) is 19.2. The van der Waals surface area contributed by atoms with Gasteiger partial charge < -0.3 is 24.8 Å². The highest BCUT2D eigenvalue weighted by atomic mass is 16.5. The van der Waals surface area contributed by atoms with Gasteiger partial charge in [-0.1, -0.05) is 12.1 Å². The molecule has 0 unspecified atom stereocenters. The molecule has 0 fully saturated rings. The van der Waals surface area contributed by atoms with Gasteiger partial charge in [0.2, 0.25) is 0 Å². The van der Waals surface area contributed by atoms with Crippen molar-refractivity contribution >= 4 is 28.6 Å². The molecule has 0 radical (unpaired) electrons. The van der Waals surface area contributed by atoms with Crippen LogP contribution in [-0.4, -0.2) is 34.6 Å². The molecule has 0 saturated heterocycles. The minimum Gasteiger partial charge on any atom is -0.493 e. The van der Waals surface area contributed by atoms with Crippen LogP contribution in [0.1, 0.15) is 18.9 Å². The Morgan fingerprint density at radius 3 is 2.68 bits per heavy atom. The number of imidazole rings is 1. The van der Waals surface area contributed by atoms with Crippen LogP contribution in [0.25, 0.3) is 11.0 Å². The van der Waals surface area contributed by atoms with E-state index in [1.165, 1.54) is 6.92 Å². The number of benzene rings is 2. The summed E-state index contributed by atoms with van der Waals surface area (Å²) in [5, 5.41) is 2.65. The summed E-state index contributed by atoms with van der Waals surface area (Å²) in [6.07, 6.45) is -0.935. The van der Waals surface area contributed by atoms with Gasteiger partial charge in [0.05, 0.1) is 24.1 Å². The lowest BCUT2D eigenvalue weighted by molar-refractivity contribution is -0.153. The molecule has 0 bridgehead atoms. The van der Waals surface area contributed by atoms with Crippen molar-refractivity contribution in [3.8, 4) is 5.75 Å². The average Bonchev–Trinajstić information content (AvgIpc) is 3.01. The third-order valence-corrected chi connectivity index (χ3v) is 4.03. The molecule has 28 heavy (non-hydrogen) atoms. The monoisotopic (exact) mass is 383 g/mol. The summed E-state index contributed by atoms with van der Waals surface area (Å²) >= 11 is 0. The van der Waals surface area contributed by atoms with Gasteiger partial charge in [-0.2, -0.15) is 0 Å². The topological polar surface area (TPSA) is 113 Å². The van der Waals surface area contributed by atoms with Crippen LogP contribution in [0.3, 0.4) is 0 Å². The number of hydrogen-bond acceptors (Lipinski definition) is 5. The maximum atomic E-state index is 12.2. The van der Waals surface area contributed by atoms with Gasteiger partial charge in [0.15, 0.2) is 6.10 Å². The molecule has 1 aromatic heterocycles. The van der Waals surface area contributed by atoms with Crippen molar-refractivity contribution in [3.63, 3.8) is 0 Å². The maximum absolute atomic E-state index is 12.2. The largest absolute Gasteiger partial charge is 0.493 e. The van der Waals surface area contributed by atoms with Crippen LogP contribution < -0.4 is 15.7 Å². The van der Waals surface area contributed by atoms with Crippen molar-refractivity contribution in [2.24, 2.45) is 0 Å². The average molecular weight is 383 g/mol. The standard InChI is InChI=1S/C20H21N3O5/c1-12-4-3-5-15(10-12)27-9-8-18(24)28-13(2)19(25)21-14-6-7-16-17(11-14)23-20(26)22-16/h3-7,10-11,13H,8-9H2,1-2H3,(H,21,25)(H2,22,23,26)/t13-/m0/s1. The van der Waals surface area contributed by atoms with Crippen molar-refractivity contribution in [3.05, 3.63) is 58.5 Å². The predicted molar refractivity (Wildman–Crippen MR) is 104 cm³/mol. The first-order valence-electron chi connectivity index (χ1n) is 8.82. The molecular weight excluding hydrogens is 362 g/mol. The number of rotatable bonds is 7. The number of esters is 1. The van der Waals surface area contributed by atoms with Crippen LogP contribution in [0, 0.1) is 6.92 Å². The van der Waals surface area contributed by atoms with Crippen LogP contribution in [-0.2, 0) is 14.3 Å². The first-order chi connectivity index (χ1) is 13.4. The minimum atomic E-state index is -0.965. The molecule has 3 rings (SSSR count). The Bertz CT molecular complexity index is 1050. The van der Waals surface area contributed by atoms with E-state index in [-0.39, 0.29) is 18.7 Å². The van der Waals surface area contributed by atoms with Gasteiger partial charge in [-0.05, 0) is 49.7 Å². The number of nitrogens with one attached hydrogen (secondary N) is 3. The Balaban J connectivity index is 1.47. The summed E-state index contributed by atoms with van der Waals surface area (Å²) in [6, 6.07) is 12.4. The number of anilines is 1. The highest BCUT2D eigenvalue weighted by Gasteiger charge is 2.18. The maximum Gasteiger partial charge on any atom is 0.323 e. The van der Waals surface area contributed by atoms with Crippen molar-refractivity contribution in [1.82, 2.24) is 9.97 Å². The summed E-state index contributed by atoms with van der Waals surface area (Å²) in [4.78, 5) is 40.6. The Morgan fingerprint density at radius 2 is 1.89 bits per heavy atom. The molecule has 0 aliphatic rings. The second-order valence-electron chi connectivity index (χ2n) is 6.38. The molecule has 0 saturated carbocycles. The van der Waals surface area contributed by atoms with E-state index in [9.17, 15) is 14.4 Å². The summed E-state index contributed by atoms with van der Waals surface area (Å²) in [7, 11) is 0. The molecule has 146 valence electrons. The molecule has 1 heterocycles. The van der Waals surface area contributed by atoms with Crippen LogP contribution in [0.15, 0.2) is 47.3 Å². The van der Waals surface area contributed by atoms with E-state index in [0.717, 1.165) is 5.56 Å². The number of aromatic amines is 2. The van der Waals surface area contributed by atoms with E-state index in [4.69, 9.17) is 9.47 Å². The molecule has 1 atom stereocenters. The van der Waals surface area contributed by atoms with E-state index < -0.39 is 18.0 Å². The highest BCUT2D eigenvalue weighted by molar-refractivity contribution is 5.96. The van der Waals surface area contributed by atoms with Crippen molar-refractivity contribution in [2.75, 3.05) is 11.9 Å². The van der Waals surface area contributed by atoms with E-state index in [0.29, 0.717) is 22.5 Å². The van der Waals surface area contributed by atoms with Gasteiger partial charge in [-0.3, -0.25) is 9.59 Å². The fourth-order valence-electron chi connectivity index (χ4n) is 2.62. The number of ether oxygens (including phenoxy) is 2. The summed E-state index contributed by atoms with van der Waals surface area (Å²) in [5.74, 6) is -0.317. The van der Waals surface area contributed by atoms with Crippen LogP contribution in [0.2, 0.25) is 0 Å². The van der Waals surface area contributed by atoms with Gasteiger partial charge in [0.1, 0.15) is 5.75 Å². The molecule has 3 N–H and O–H groups in total.